The molecule has 3 nitrogen and oxygen atoms in total. The summed E-state index contributed by atoms with van der Waals surface area (Å²) in [5.74, 6) is 4.29. The molecule has 4 saturated carbocycles. The summed E-state index contributed by atoms with van der Waals surface area (Å²) >= 11 is 0. The predicted molar refractivity (Wildman–Crippen MR) is 134 cm³/mol. The number of fused-ring (bicyclic) bond motifs is 7. The van der Waals surface area contributed by atoms with Crippen molar-refractivity contribution in [1.82, 2.24) is 0 Å². The van der Waals surface area contributed by atoms with Crippen molar-refractivity contribution < 1.29 is 14.6 Å². The van der Waals surface area contributed by atoms with Gasteiger partial charge in [-0.05, 0) is 106 Å². The molecule has 33 heavy (non-hydrogen) atoms. The van der Waals surface area contributed by atoms with Gasteiger partial charge >= 0.3 is 0 Å². The zero-order valence-electron chi connectivity index (χ0n) is 22.7. The number of hydrogen-bond acceptors (Lipinski definition) is 3. The molecule has 5 rings (SSSR count). The second kappa shape index (κ2) is 8.20. The van der Waals surface area contributed by atoms with Gasteiger partial charge in [0.25, 0.3) is 0 Å². The number of hydrogen-bond donors (Lipinski definition) is 1. The van der Waals surface area contributed by atoms with Gasteiger partial charge in [-0.25, -0.2) is 0 Å². The van der Waals surface area contributed by atoms with Gasteiger partial charge in [0.2, 0.25) is 0 Å². The van der Waals surface area contributed by atoms with Crippen LogP contribution in [0.5, 0.6) is 0 Å². The maximum atomic E-state index is 12.3. The van der Waals surface area contributed by atoms with Crippen molar-refractivity contribution in [2.24, 2.45) is 46.3 Å². The van der Waals surface area contributed by atoms with Crippen LogP contribution in [0, 0.1) is 46.3 Å². The number of ether oxygens (including phenoxy) is 2. The topological polar surface area (TPSA) is 38.7 Å². The highest BCUT2D eigenvalue weighted by Crippen LogP contribution is 2.70. The number of aliphatic hydroxyl groups is 1. The molecule has 5 fully saturated rings. The monoisotopic (exact) mass is 460 g/mol. The fourth-order valence-corrected chi connectivity index (χ4v) is 10.3. The molecule has 4 aliphatic carbocycles. The predicted octanol–water partition coefficient (Wildman–Crippen LogP) is 7.35. The molecule has 0 aromatic rings. The Balaban J connectivity index is 1.34. The average molecular weight is 461 g/mol. The fourth-order valence-electron chi connectivity index (χ4n) is 10.3. The van der Waals surface area contributed by atoms with E-state index in [0.717, 1.165) is 48.9 Å². The van der Waals surface area contributed by atoms with E-state index in [4.69, 9.17) is 9.47 Å². The average Bonchev–Trinajstić information content (AvgIpc) is 3.25. The molecule has 10 atom stereocenters. The second-order valence-electron chi connectivity index (χ2n) is 14.4. The molecule has 0 amide bonds. The first-order valence-corrected chi connectivity index (χ1v) is 14.5. The van der Waals surface area contributed by atoms with Gasteiger partial charge < -0.3 is 14.6 Å². The summed E-state index contributed by atoms with van der Waals surface area (Å²) in [6.45, 7) is 16.4. The molecular weight excluding hydrogens is 408 g/mol. The van der Waals surface area contributed by atoms with Gasteiger partial charge in [0, 0.05) is 5.41 Å². The molecule has 1 heterocycles. The lowest BCUT2D eigenvalue weighted by Crippen LogP contribution is -2.68. The molecule has 1 N–H and O–H groups in total. The van der Waals surface area contributed by atoms with E-state index < -0.39 is 11.4 Å². The van der Waals surface area contributed by atoms with Gasteiger partial charge in [0.1, 0.15) is 6.10 Å². The van der Waals surface area contributed by atoms with Crippen molar-refractivity contribution in [2.45, 2.75) is 143 Å². The standard InChI is InChI=1S/C30H52O3/c1-19(2)9-8-10-20(3)22-11-12-23-21-13-18-30(31)26-25(32-27(4,5)33-26)15-17-29(30,7)24(21)14-16-28(22,23)6/h19-26,31H,8-18H2,1-7H3/t20-,21+,22+,23-,24-,25-,26-,28+,29-,30-/m1/s1. The Bertz CT molecular complexity index is 732. The van der Waals surface area contributed by atoms with Crippen LogP contribution >= 0.6 is 0 Å². The van der Waals surface area contributed by atoms with Crippen molar-refractivity contribution in [3.8, 4) is 0 Å². The van der Waals surface area contributed by atoms with Crippen molar-refractivity contribution in [1.29, 1.82) is 0 Å². The first-order chi connectivity index (χ1) is 15.4. The normalized spacial score (nSPS) is 51.5. The highest BCUT2D eigenvalue weighted by molar-refractivity contribution is 5.18. The Morgan fingerprint density at radius 3 is 2.30 bits per heavy atom. The molecular formula is C30H52O3. The van der Waals surface area contributed by atoms with Crippen molar-refractivity contribution in [2.75, 3.05) is 0 Å². The molecule has 5 aliphatic rings. The molecule has 1 aliphatic heterocycles. The Hall–Kier alpha value is -0.120. The van der Waals surface area contributed by atoms with Crippen molar-refractivity contribution in [3.63, 3.8) is 0 Å². The van der Waals surface area contributed by atoms with Crippen LogP contribution in [0.4, 0.5) is 0 Å². The lowest BCUT2D eigenvalue weighted by Gasteiger charge is -2.65. The van der Waals surface area contributed by atoms with E-state index in [1.165, 1.54) is 51.4 Å². The van der Waals surface area contributed by atoms with Gasteiger partial charge in [0.15, 0.2) is 5.79 Å². The van der Waals surface area contributed by atoms with Crippen LogP contribution in [0.1, 0.15) is 119 Å². The lowest BCUT2D eigenvalue weighted by molar-refractivity contribution is -0.257. The van der Waals surface area contributed by atoms with Crippen molar-refractivity contribution >= 4 is 0 Å². The summed E-state index contributed by atoms with van der Waals surface area (Å²) in [5.41, 5.74) is -0.264. The summed E-state index contributed by atoms with van der Waals surface area (Å²) in [7, 11) is 0. The molecule has 190 valence electrons. The van der Waals surface area contributed by atoms with Crippen LogP contribution in [0.3, 0.4) is 0 Å². The van der Waals surface area contributed by atoms with Gasteiger partial charge in [-0.1, -0.05) is 53.9 Å². The molecule has 0 unspecified atom stereocenters. The van der Waals surface area contributed by atoms with E-state index in [0.29, 0.717) is 11.3 Å². The Labute approximate surface area is 203 Å². The molecule has 3 heteroatoms. The van der Waals surface area contributed by atoms with Gasteiger partial charge in [0.05, 0.1) is 11.7 Å². The van der Waals surface area contributed by atoms with Gasteiger partial charge in [-0.2, -0.15) is 0 Å². The minimum absolute atomic E-state index is 0.0385. The van der Waals surface area contributed by atoms with E-state index >= 15 is 0 Å². The van der Waals surface area contributed by atoms with E-state index in [-0.39, 0.29) is 17.6 Å². The summed E-state index contributed by atoms with van der Waals surface area (Å²) in [6, 6.07) is 0. The molecule has 0 spiro atoms. The third kappa shape index (κ3) is 3.69. The van der Waals surface area contributed by atoms with E-state index in [2.05, 4.69) is 34.6 Å². The van der Waals surface area contributed by atoms with Crippen LogP contribution < -0.4 is 0 Å². The minimum Gasteiger partial charge on any atom is -0.386 e. The first-order valence-electron chi connectivity index (χ1n) is 14.5. The molecule has 0 bridgehead atoms. The van der Waals surface area contributed by atoms with Crippen molar-refractivity contribution in [3.05, 3.63) is 0 Å². The van der Waals surface area contributed by atoms with Crippen LogP contribution in [-0.4, -0.2) is 28.7 Å². The fraction of sp³-hybridized carbons (Fsp3) is 1.00. The van der Waals surface area contributed by atoms with Crippen LogP contribution in [0.15, 0.2) is 0 Å². The second-order valence-corrected chi connectivity index (χ2v) is 14.4. The van der Waals surface area contributed by atoms with Crippen LogP contribution in [0.2, 0.25) is 0 Å². The molecule has 0 radical (unpaired) electrons. The summed E-state index contributed by atoms with van der Waals surface area (Å²) < 4.78 is 12.6. The van der Waals surface area contributed by atoms with E-state index in [9.17, 15) is 5.11 Å². The lowest BCUT2D eigenvalue weighted by atomic mass is 9.42. The maximum absolute atomic E-state index is 12.3. The van der Waals surface area contributed by atoms with Gasteiger partial charge in [-0.15, -0.1) is 0 Å². The summed E-state index contributed by atoms with van der Waals surface area (Å²) in [4.78, 5) is 0. The summed E-state index contributed by atoms with van der Waals surface area (Å²) in [5, 5.41) is 12.3. The Kier molecular flexibility index (Phi) is 6.11. The largest absolute Gasteiger partial charge is 0.386 e. The SMILES string of the molecule is CC(C)CCC[C@@H](C)[C@@H]1CC[C@@H]2[C@@H]3CC[C@@]4(O)[C@@H]5OC(C)(C)O[C@@H]5CC[C@]4(C)[C@@H]3CC[C@]21C. The zero-order chi connectivity index (χ0) is 23.8. The maximum Gasteiger partial charge on any atom is 0.163 e. The highest BCUT2D eigenvalue weighted by atomic mass is 16.8. The molecule has 0 aromatic heterocycles. The molecule has 0 aromatic carbocycles. The highest BCUT2D eigenvalue weighted by Gasteiger charge is 2.69. The van der Waals surface area contributed by atoms with E-state index in [1.54, 1.807) is 0 Å². The van der Waals surface area contributed by atoms with Crippen LogP contribution in [-0.2, 0) is 9.47 Å². The Morgan fingerprint density at radius 2 is 1.58 bits per heavy atom. The zero-order valence-corrected chi connectivity index (χ0v) is 22.7. The molecule has 1 saturated heterocycles. The third-order valence-corrected chi connectivity index (χ3v) is 11.9. The Morgan fingerprint density at radius 1 is 0.818 bits per heavy atom. The first kappa shape index (κ1) is 24.6. The smallest absolute Gasteiger partial charge is 0.163 e. The minimum atomic E-state index is -0.735. The van der Waals surface area contributed by atoms with E-state index in [1.807, 2.05) is 13.8 Å². The third-order valence-electron chi connectivity index (χ3n) is 11.9. The summed E-state index contributed by atoms with van der Waals surface area (Å²) in [6.07, 6.45) is 13.8. The number of rotatable bonds is 5. The van der Waals surface area contributed by atoms with Gasteiger partial charge in [-0.3, -0.25) is 0 Å². The van der Waals surface area contributed by atoms with Crippen LogP contribution in [0.25, 0.3) is 0 Å². The quantitative estimate of drug-likeness (QED) is 0.466.